The van der Waals surface area contributed by atoms with Gasteiger partial charge in [-0.1, -0.05) is 30.3 Å². The van der Waals surface area contributed by atoms with E-state index in [0.717, 1.165) is 43.0 Å². The predicted octanol–water partition coefficient (Wildman–Crippen LogP) is 3.30. The molecule has 0 saturated carbocycles. The first-order valence-electron chi connectivity index (χ1n) is 9.12. The van der Waals surface area contributed by atoms with Crippen molar-refractivity contribution in [1.82, 2.24) is 9.97 Å². The van der Waals surface area contributed by atoms with Crippen molar-refractivity contribution in [2.45, 2.75) is 26.2 Å². The maximum absolute atomic E-state index is 5.08. The van der Waals surface area contributed by atoms with Crippen molar-refractivity contribution in [3.8, 4) is 0 Å². The van der Waals surface area contributed by atoms with Crippen LogP contribution in [0.4, 0.5) is 11.8 Å². The normalized spacial score (nSPS) is 15.4. The summed E-state index contributed by atoms with van der Waals surface area (Å²) >= 11 is 0. The number of nitrogens with one attached hydrogen (secondary N) is 1. The van der Waals surface area contributed by atoms with E-state index in [0.29, 0.717) is 6.61 Å². The average molecular weight is 340 g/mol. The van der Waals surface area contributed by atoms with Gasteiger partial charge in [0.15, 0.2) is 0 Å². The lowest BCUT2D eigenvalue weighted by Crippen LogP contribution is -2.35. The Morgan fingerprint density at radius 3 is 2.64 bits per heavy atom. The van der Waals surface area contributed by atoms with Gasteiger partial charge in [-0.05, 0) is 37.7 Å². The molecule has 0 amide bonds. The molecule has 1 fully saturated rings. The molecule has 1 aliphatic heterocycles. The molecule has 1 aliphatic rings. The lowest BCUT2D eigenvalue weighted by atomic mass is 9.90. The molecule has 3 rings (SSSR count). The number of anilines is 2. The number of ether oxygens (including phenoxy) is 1. The molecule has 25 heavy (non-hydrogen) atoms. The predicted molar refractivity (Wildman–Crippen MR) is 102 cm³/mol. The second-order valence-electron chi connectivity index (χ2n) is 6.73. The average Bonchev–Trinajstić information content (AvgIpc) is 2.63. The molecule has 0 bridgehead atoms. The highest BCUT2D eigenvalue weighted by molar-refractivity contribution is 5.43. The quantitative estimate of drug-likeness (QED) is 0.784. The molecule has 5 nitrogen and oxygen atoms in total. The van der Waals surface area contributed by atoms with E-state index < -0.39 is 0 Å². The van der Waals surface area contributed by atoms with Crippen LogP contribution in [0.15, 0.2) is 36.4 Å². The number of aromatic nitrogens is 2. The molecule has 0 unspecified atom stereocenters. The number of piperidine rings is 1. The molecule has 134 valence electrons. The molecule has 0 atom stereocenters. The summed E-state index contributed by atoms with van der Waals surface area (Å²) in [7, 11) is 1.71. The number of benzene rings is 1. The molecule has 2 heterocycles. The number of nitrogens with zero attached hydrogens (tertiary/aromatic N) is 3. The third-order valence-electron chi connectivity index (χ3n) is 4.72. The van der Waals surface area contributed by atoms with Crippen LogP contribution in [-0.2, 0) is 11.2 Å². The Bertz CT molecular complexity index is 654. The third kappa shape index (κ3) is 5.16. The smallest absolute Gasteiger partial charge is 0.227 e. The number of methoxy groups -OCH3 is 1. The molecule has 0 spiro atoms. The van der Waals surface area contributed by atoms with Crippen molar-refractivity contribution < 1.29 is 4.74 Å². The lowest BCUT2D eigenvalue weighted by molar-refractivity contribution is 0.210. The summed E-state index contributed by atoms with van der Waals surface area (Å²) in [4.78, 5) is 11.6. The van der Waals surface area contributed by atoms with E-state index in [4.69, 9.17) is 4.74 Å². The van der Waals surface area contributed by atoms with Gasteiger partial charge in [-0.3, -0.25) is 0 Å². The molecule has 0 radical (unpaired) electrons. The number of aryl methyl sites for hydroxylation is 1. The molecule has 1 aromatic carbocycles. The second-order valence-corrected chi connectivity index (χ2v) is 6.73. The van der Waals surface area contributed by atoms with Gasteiger partial charge in [0.2, 0.25) is 5.95 Å². The van der Waals surface area contributed by atoms with Crippen molar-refractivity contribution in [2.75, 3.05) is 43.6 Å². The fourth-order valence-electron chi connectivity index (χ4n) is 3.35. The maximum Gasteiger partial charge on any atom is 0.227 e. The van der Waals surface area contributed by atoms with E-state index in [2.05, 4.69) is 50.5 Å². The molecular formula is C20H28N4O. The topological polar surface area (TPSA) is 50.3 Å². The molecule has 1 saturated heterocycles. The summed E-state index contributed by atoms with van der Waals surface area (Å²) in [5.41, 5.74) is 2.44. The van der Waals surface area contributed by atoms with Gasteiger partial charge >= 0.3 is 0 Å². The monoisotopic (exact) mass is 340 g/mol. The molecule has 0 aliphatic carbocycles. The maximum atomic E-state index is 5.08. The van der Waals surface area contributed by atoms with Crippen LogP contribution in [0.2, 0.25) is 0 Å². The Morgan fingerprint density at radius 2 is 1.92 bits per heavy atom. The first-order chi connectivity index (χ1) is 12.2. The highest BCUT2D eigenvalue weighted by atomic mass is 16.5. The number of rotatable bonds is 7. The zero-order chi connectivity index (χ0) is 17.5. The van der Waals surface area contributed by atoms with Crippen molar-refractivity contribution in [1.29, 1.82) is 0 Å². The van der Waals surface area contributed by atoms with Crippen LogP contribution in [0, 0.1) is 12.8 Å². The van der Waals surface area contributed by atoms with E-state index in [1.165, 1.54) is 24.8 Å². The Labute approximate surface area is 150 Å². The van der Waals surface area contributed by atoms with Crippen molar-refractivity contribution in [3.05, 3.63) is 47.7 Å². The summed E-state index contributed by atoms with van der Waals surface area (Å²) < 4.78 is 5.08. The first kappa shape index (κ1) is 17.7. The molecule has 2 aromatic rings. The number of hydrogen-bond acceptors (Lipinski definition) is 5. The van der Waals surface area contributed by atoms with Gasteiger partial charge in [0.05, 0.1) is 6.61 Å². The zero-order valence-electron chi connectivity index (χ0n) is 15.2. The Hall–Kier alpha value is -2.14. The zero-order valence-corrected chi connectivity index (χ0v) is 15.2. The summed E-state index contributed by atoms with van der Waals surface area (Å²) in [6.07, 6.45) is 3.56. The minimum Gasteiger partial charge on any atom is -0.383 e. The van der Waals surface area contributed by atoms with E-state index in [1.54, 1.807) is 7.11 Å². The molecular weight excluding hydrogens is 312 g/mol. The van der Waals surface area contributed by atoms with E-state index in [1.807, 2.05) is 13.0 Å². The summed E-state index contributed by atoms with van der Waals surface area (Å²) in [6, 6.07) is 12.8. The van der Waals surface area contributed by atoms with Crippen LogP contribution >= 0.6 is 0 Å². The number of hydrogen-bond donors (Lipinski definition) is 1. The van der Waals surface area contributed by atoms with Crippen LogP contribution in [-0.4, -0.2) is 43.3 Å². The Morgan fingerprint density at radius 1 is 1.16 bits per heavy atom. The third-order valence-corrected chi connectivity index (χ3v) is 4.72. The second kappa shape index (κ2) is 8.81. The highest BCUT2D eigenvalue weighted by Crippen LogP contribution is 2.24. The van der Waals surface area contributed by atoms with Crippen LogP contribution in [0.25, 0.3) is 0 Å². The Kier molecular flexibility index (Phi) is 6.23. The van der Waals surface area contributed by atoms with Crippen LogP contribution in [0.3, 0.4) is 0 Å². The SMILES string of the molecule is COCCNc1cc(C)nc(N2CCC(Cc3ccccc3)CC2)n1. The van der Waals surface area contributed by atoms with Gasteiger partial charge in [0.1, 0.15) is 5.82 Å². The van der Waals surface area contributed by atoms with Crippen LogP contribution in [0.5, 0.6) is 0 Å². The van der Waals surface area contributed by atoms with Gasteiger partial charge in [0, 0.05) is 38.5 Å². The fraction of sp³-hybridized carbons (Fsp3) is 0.500. The lowest BCUT2D eigenvalue weighted by Gasteiger charge is -2.32. The standard InChI is InChI=1S/C20H28N4O/c1-16-14-19(21-10-13-25-2)23-20(22-16)24-11-8-18(9-12-24)15-17-6-4-3-5-7-17/h3-7,14,18H,8-13,15H2,1-2H3,(H,21,22,23). The van der Waals surface area contributed by atoms with Crippen molar-refractivity contribution in [3.63, 3.8) is 0 Å². The van der Waals surface area contributed by atoms with Gasteiger partial charge in [-0.25, -0.2) is 4.98 Å². The molecule has 5 heteroatoms. The van der Waals surface area contributed by atoms with Gasteiger partial charge in [-0.2, -0.15) is 4.98 Å². The van der Waals surface area contributed by atoms with Gasteiger partial charge in [0.25, 0.3) is 0 Å². The van der Waals surface area contributed by atoms with Gasteiger partial charge in [-0.15, -0.1) is 0 Å². The fourth-order valence-corrected chi connectivity index (χ4v) is 3.35. The van der Waals surface area contributed by atoms with E-state index >= 15 is 0 Å². The first-order valence-corrected chi connectivity index (χ1v) is 9.12. The largest absolute Gasteiger partial charge is 0.383 e. The van der Waals surface area contributed by atoms with Crippen molar-refractivity contribution in [2.24, 2.45) is 5.92 Å². The van der Waals surface area contributed by atoms with Crippen LogP contribution < -0.4 is 10.2 Å². The minimum atomic E-state index is 0.670. The van der Waals surface area contributed by atoms with Crippen molar-refractivity contribution >= 4 is 11.8 Å². The summed E-state index contributed by atoms with van der Waals surface area (Å²) in [5.74, 6) is 2.48. The van der Waals surface area contributed by atoms with Crippen LogP contribution in [0.1, 0.15) is 24.1 Å². The van der Waals surface area contributed by atoms with Gasteiger partial charge < -0.3 is 15.0 Å². The molecule has 1 aromatic heterocycles. The molecule has 1 N–H and O–H groups in total. The van der Waals surface area contributed by atoms with E-state index in [-0.39, 0.29) is 0 Å². The minimum absolute atomic E-state index is 0.670. The summed E-state index contributed by atoms with van der Waals surface area (Å²) in [5, 5.41) is 3.30. The Balaban J connectivity index is 1.57. The summed E-state index contributed by atoms with van der Waals surface area (Å²) in [6.45, 7) is 5.50. The van der Waals surface area contributed by atoms with E-state index in [9.17, 15) is 0 Å². The highest BCUT2D eigenvalue weighted by Gasteiger charge is 2.21.